The average molecular weight is 268 g/mol. The maximum Gasteiger partial charge on any atom is 0.410 e. The van der Waals surface area contributed by atoms with Crippen LogP contribution in [0.15, 0.2) is 0 Å². The summed E-state index contributed by atoms with van der Waals surface area (Å²) < 4.78 is 42.4. The lowest BCUT2D eigenvalue weighted by molar-refractivity contribution is -0.157. The second-order valence-corrected chi connectivity index (χ2v) is 5.54. The molecule has 0 saturated carbocycles. The van der Waals surface area contributed by atoms with Crippen molar-refractivity contribution in [3.63, 3.8) is 0 Å². The summed E-state index contributed by atoms with van der Waals surface area (Å²) in [6.45, 7) is 5.37. The Morgan fingerprint density at radius 1 is 1.39 bits per heavy atom. The third-order valence-corrected chi connectivity index (χ3v) is 2.76. The van der Waals surface area contributed by atoms with Crippen molar-refractivity contribution in [1.82, 2.24) is 4.90 Å². The van der Waals surface area contributed by atoms with Crippen molar-refractivity contribution in [3.05, 3.63) is 0 Å². The number of halogens is 3. The molecule has 0 aromatic rings. The highest BCUT2D eigenvalue weighted by atomic mass is 19.4. The summed E-state index contributed by atoms with van der Waals surface area (Å²) in [7, 11) is 0. The second kappa shape index (κ2) is 4.95. The molecule has 0 bridgehead atoms. The van der Waals surface area contributed by atoms with E-state index >= 15 is 0 Å². The molecule has 1 amide bonds. The van der Waals surface area contributed by atoms with E-state index in [1.165, 1.54) is 4.90 Å². The molecule has 0 spiro atoms. The largest absolute Gasteiger partial charge is 0.444 e. The number of likely N-dealkylation sites (tertiary alicyclic amines) is 1. The average Bonchev–Trinajstić information content (AvgIpc) is 2.60. The van der Waals surface area contributed by atoms with Gasteiger partial charge in [0, 0.05) is 19.0 Å². The zero-order valence-electron chi connectivity index (χ0n) is 10.8. The third kappa shape index (κ3) is 4.04. The summed E-state index contributed by atoms with van der Waals surface area (Å²) in [5.41, 5.74) is 4.49. The Balaban J connectivity index is 2.54. The van der Waals surface area contributed by atoms with Crippen molar-refractivity contribution >= 4 is 6.09 Å². The van der Waals surface area contributed by atoms with Gasteiger partial charge in [-0.3, -0.25) is 0 Å². The monoisotopic (exact) mass is 268 g/mol. The number of carbonyl (C=O) groups is 1. The summed E-state index contributed by atoms with van der Waals surface area (Å²) in [4.78, 5) is 12.9. The molecular weight excluding hydrogens is 249 g/mol. The summed E-state index contributed by atoms with van der Waals surface area (Å²) in [5.74, 6) is -0.752. The Kier molecular flexibility index (Phi) is 4.15. The second-order valence-electron chi connectivity index (χ2n) is 5.54. The number of alkyl halides is 3. The van der Waals surface area contributed by atoms with Crippen LogP contribution >= 0.6 is 0 Å². The molecule has 0 aromatic carbocycles. The standard InChI is InChI=1S/C11H19F3N2O2/c1-10(2,3)18-9(17)16-5-4-7(6-16)8(15)11(12,13)14/h7-8H,4-6,15H2,1-3H3. The Morgan fingerprint density at radius 2 is 1.94 bits per heavy atom. The highest BCUT2D eigenvalue weighted by Crippen LogP contribution is 2.30. The van der Waals surface area contributed by atoms with E-state index in [4.69, 9.17) is 10.5 Å². The van der Waals surface area contributed by atoms with Crippen molar-refractivity contribution in [2.45, 2.75) is 45.0 Å². The molecule has 106 valence electrons. The summed E-state index contributed by atoms with van der Waals surface area (Å²) in [5, 5.41) is 0. The molecule has 7 heteroatoms. The first-order valence-electron chi connectivity index (χ1n) is 5.81. The molecule has 1 heterocycles. The Labute approximate surface area is 104 Å². The zero-order chi connectivity index (χ0) is 14.1. The fourth-order valence-electron chi connectivity index (χ4n) is 1.84. The van der Waals surface area contributed by atoms with E-state index in [-0.39, 0.29) is 19.5 Å². The molecule has 2 atom stereocenters. The number of hydrogen-bond donors (Lipinski definition) is 1. The highest BCUT2D eigenvalue weighted by molar-refractivity contribution is 5.68. The molecule has 4 nitrogen and oxygen atoms in total. The lowest BCUT2D eigenvalue weighted by Crippen LogP contribution is -2.45. The van der Waals surface area contributed by atoms with Crippen LogP contribution in [-0.2, 0) is 4.74 Å². The third-order valence-electron chi connectivity index (χ3n) is 2.76. The first kappa shape index (κ1) is 15.1. The quantitative estimate of drug-likeness (QED) is 0.792. The van der Waals surface area contributed by atoms with Crippen molar-refractivity contribution in [2.24, 2.45) is 11.7 Å². The van der Waals surface area contributed by atoms with Gasteiger partial charge >= 0.3 is 12.3 Å². The summed E-state index contributed by atoms with van der Waals surface area (Å²) in [6.07, 6.45) is -4.76. The van der Waals surface area contributed by atoms with Gasteiger partial charge in [0.15, 0.2) is 0 Å². The van der Waals surface area contributed by atoms with Crippen LogP contribution in [0.5, 0.6) is 0 Å². The normalized spacial score (nSPS) is 23.1. The highest BCUT2D eigenvalue weighted by Gasteiger charge is 2.45. The van der Waals surface area contributed by atoms with Gasteiger partial charge in [0.1, 0.15) is 11.6 Å². The van der Waals surface area contributed by atoms with Gasteiger partial charge in [0.2, 0.25) is 0 Å². The maximum absolute atomic E-state index is 12.4. The van der Waals surface area contributed by atoms with Gasteiger partial charge in [0.05, 0.1) is 0 Å². The lowest BCUT2D eigenvalue weighted by Gasteiger charge is -2.25. The number of carbonyl (C=O) groups excluding carboxylic acids is 1. The van der Waals surface area contributed by atoms with Gasteiger partial charge in [-0.05, 0) is 27.2 Å². The molecule has 0 aliphatic carbocycles. The fourth-order valence-corrected chi connectivity index (χ4v) is 1.84. The van der Waals surface area contributed by atoms with Gasteiger partial charge in [0.25, 0.3) is 0 Å². The number of rotatable bonds is 1. The molecule has 2 N–H and O–H groups in total. The van der Waals surface area contributed by atoms with Gasteiger partial charge < -0.3 is 15.4 Å². The molecule has 1 rings (SSSR count). The minimum absolute atomic E-state index is 0.00438. The SMILES string of the molecule is CC(C)(C)OC(=O)N1CCC(C(N)C(F)(F)F)C1. The van der Waals surface area contributed by atoms with Crippen LogP contribution in [-0.4, -0.2) is 41.9 Å². The van der Waals surface area contributed by atoms with Crippen molar-refractivity contribution < 1.29 is 22.7 Å². The number of ether oxygens (including phenoxy) is 1. The molecule has 18 heavy (non-hydrogen) atoms. The van der Waals surface area contributed by atoms with Gasteiger partial charge in [-0.1, -0.05) is 0 Å². The van der Waals surface area contributed by atoms with E-state index in [9.17, 15) is 18.0 Å². The van der Waals surface area contributed by atoms with Crippen LogP contribution in [0, 0.1) is 5.92 Å². The van der Waals surface area contributed by atoms with Gasteiger partial charge in [-0.25, -0.2) is 4.79 Å². The maximum atomic E-state index is 12.4. The van der Waals surface area contributed by atoms with Gasteiger partial charge in [-0.2, -0.15) is 13.2 Å². The molecule has 1 saturated heterocycles. The molecule has 0 radical (unpaired) electrons. The first-order valence-corrected chi connectivity index (χ1v) is 5.81. The Morgan fingerprint density at radius 3 is 2.39 bits per heavy atom. The van der Waals surface area contributed by atoms with Crippen molar-refractivity contribution in [1.29, 1.82) is 0 Å². The predicted molar refractivity (Wildman–Crippen MR) is 59.9 cm³/mol. The number of hydrogen-bond acceptors (Lipinski definition) is 3. The van der Waals surface area contributed by atoms with Crippen molar-refractivity contribution in [3.8, 4) is 0 Å². The van der Waals surface area contributed by atoms with Crippen LogP contribution in [0.2, 0.25) is 0 Å². The van der Waals surface area contributed by atoms with Crippen LogP contribution in [0.4, 0.5) is 18.0 Å². The van der Waals surface area contributed by atoms with Crippen LogP contribution in [0.25, 0.3) is 0 Å². The van der Waals surface area contributed by atoms with E-state index in [0.29, 0.717) is 0 Å². The molecular formula is C11H19F3N2O2. The van der Waals surface area contributed by atoms with E-state index in [2.05, 4.69) is 0 Å². The number of nitrogens with zero attached hydrogens (tertiary/aromatic N) is 1. The molecule has 2 unspecified atom stereocenters. The smallest absolute Gasteiger partial charge is 0.410 e. The van der Waals surface area contributed by atoms with Crippen LogP contribution < -0.4 is 5.73 Å². The Hall–Kier alpha value is -0.980. The van der Waals surface area contributed by atoms with E-state index in [0.717, 1.165) is 0 Å². The van der Waals surface area contributed by atoms with E-state index < -0.39 is 29.8 Å². The molecule has 1 fully saturated rings. The Bertz CT molecular complexity index is 312. The van der Waals surface area contributed by atoms with Crippen LogP contribution in [0.3, 0.4) is 0 Å². The minimum Gasteiger partial charge on any atom is -0.444 e. The van der Waals surface area contributed by atoms with Crippen LogP contribution in [0.1, 0.15) is 27.2 Å². The minimum atomic E-state index is -4.42. The predicted octanol–water partition coefficient (Wildman–Crippen LogP) is 2.13. The molecule has 1 aliphatic rings. The first-order chi connectivity index (χ1) is 8.00. The molecule has 1 aliphatic heterocycles. The number of nitrogens with two attached hydrogens (primary N) is 1. The number of amides is 1. The summed E-state index contributed by atoms with van der Waals surface area (Å²) in [6, 6.07) is -1.88. The fraction of sp³-hybridized carbons (Fsp3) is 0.909. The summed E-state index contributed by atoms with van der Waals surface area (Å²) >= 11 is 0. The van der Waals surface area contributed by atoms with Gasteiger partial charge in [-0.15, -0.1) is 0 Å². The van der Waals surface area contributed by atoms with Crippen molar-refractivity contribution in [2.75, 3.05) is 13.1 Å². The lowest BCUT2D eigenvalue weighted by atomic mass is 9.99. The topological polar surface area (TPSA) is 55.6 Å². The molecule has 0 aromatic heterocycles. The van der Waals surface area contributed by atoms with E-state index in [1.807, 2.05) is 0 Å². The zero-order valence-corrected chi connectivity index (χ0v) is 10.8. The van der Waals surface area contributed by atoms with E-state index in [1.54, 1.807) is 20.8 Å².